The second-order valence-corrected chi connectivity index (χ2v) is 5.14. The van der Waals surface area contributed by atoms with Gasteiger partial charge in [0, 0.05) is 7.05 Å². The summed E-state index contributed by atoms with van der Waals surface area (Å²) in [4.78, 5) is 37.3. The monoisotopic (exact) mass is 274 g/mol. The number of amides is 4. The molecule has 20 heavy (non-hydrogen) atoms. The predicted octanol–water partition coefficient (Wildman–Crippen LogP) is -0.0385. The molecule has 1 aromatic rings. The molecule has 1 aromatic carbocycles. The van der Waals surface area contributed by atoms with Crippen molar-refractivity contribution in [3.63, 3.8) is 0 Å². The fraction of sp³-hybridized carbons (Fsp3) is 0.308. The maximum atomic E-state index is 12.2. The molecule has 3 rings (SSSR count). The molecule has 7 heteroatoms. The number of likely N-dealkylation sites (N-methyl/N-ethyl adjacent to an activating group) is 1. The van der Waals surface area contributed by atoms with Gasteiger partial charge in [0.1, 0.15) is 0 Å². The highest BCUT2D eigenvalue weighted by Gasteiger charge is 2.53. The molecule has 1 fully saturated rings. The summed E-state index contributed by atoms with van der Waals surface area (Å²) in [6.07, 6.45) is 0. The quantitative estimate of drug-likeness (QED) is 0.578. The molecule has 1 spiro atoms. The van der Waals surface area contributed by atoms with Crippen molar-refractivity contribution in [3.05, 3.63) is 23.8 Å². The van der Waals surface area contributed by atoms with Crippen LogP contribution < -0.4 is 20.9 Å². The lowest BCUT2D eigenvalue weighted by molar-refractivity contribution is -0.136. The number of barbiturate groups is 1. The molecule has 2 aliphatic rings. The number of rotatable bonds is 0. The second kappa shape index (κ2) is 3.96. The van der Waals surface area contributed by atoms with Crippen molar-refractivity contribution in [2.24, 2.45) is 0 Å². The van der Waals surface area contributed by atoms with E-state index in [1.807, 2.05) is 30.0 Å². The van der Waals surface area contributed by atoms with Crippen molar-refractivity contribution in [1.29, 1.82) is 0 Å². The molecule has 0 radical (unpaired) electrons. The van der Waals surface area contributed by atoms with E-state index in [1.54, 1.807) is 7.05 Å². The van der Waals surface area contributed by atoms with Gasteiger partial charge < -0.3 is 10.2 Å². The van der Waals surface area contributed by atoms with Crippen LogP contribution in [-0.4, -0.2) is 37.0 Å². The highest BCUT2D eigenvalue weighted by atomic mass is 16.2. The molecule has 0 aromatic heterocycles. The third kappa shape index (κ3) is 1.63. The summed E-state index contributed by atoms with van der Waals surface area (Å²) in [5, 5.41) is 7.26. The number of nitrogens with one attached hydrogen (secondary N) is 3. The lowest BCUT2D eigenvalue weighted by Gasteiger charge is -2.43. The number of nitrogens with zero attached hydrogens (tertiary/aromatic N) is 1. The van der Waals surface area contributed by atoms with Crippen LogP contribution in [0.4, 0.5) is 16.2 Å². The van der Waals surface area contributed by atoms with E-state index in [2.05, 4.69) is 16.0 Å². The number of carbonyl (C=O) groups excluding carboxylic acids is 3. The van der Waals surface area contributed by atoms with E-state index in [1.165, 1.54) is 0 Å². The van der Waals surface area contributed by atoms with Gasteiger partial charge in [-0.25, -0.2) is 4.79 Å². The zero-order valence-electron chi connectivity index (χ0n) is 11.1. The summed E-state index contributed by atoms with van der Waals surface area (Å²) in [6.45, 7) is 2.07. The molecule has 0 saturated carbocycles. The molecule has 0 bridgehead atoms. The molecule has 7 nitrogen and oxygen atoms in total. The van der Waals surface area contributed by atoms with Crippen molar-refractivity contribution in [3.8, 4) is 0 Å². The van der Waals surface area contributed by atoms with Gasteiger partial charge in [-0.1, -0.05) is 6.07 Å². The SMILES string of the molecule is Cc1ccc2c(c1)NC1(CN2C)C(=O)NC(=O)NC1=O. The highest BCUT2D eigenvalue weighted by Crippen LogP contribution is 2.35. The Morgan fingerprint density at radius 2 is 1.80 bits per heavy atom. The lowest BCUT2D eigenvalue weighted by atomic mass is 9.91. The van der Waals surface area contributed by atoms with Crippen LogP contribution in [0, 0.1) is 6.92 Å². The van der Waals surface area contributed by atoms with E-state index < -0.39 is 23.4 Å². The Morgan fingerprint density at radius 1 is 1.15 bits per heavy atom. The number of aryl methyl sites for hydroxylation is 1. The minimum Gasteiger partial charge on any atom is -0.369 e. The summed E-state index contributed by atoms with van der Waals surface area (Å²) in [6, 6.07) is 4.96. The van der Waals surface area contributed by atoms with Gasteiger partial charge in [-0.15, -0.1) is 0 Å². The average Bonchev–Trinajstić information content (AvgIpc) is 2.35. The van der Waals surface area contributed by atoms with Crippen LogP contribution in [0.3, 0.4) is 0 Å². The van der Waals surface area contributed by atoms with Gasteiger partial charge in [-0.3, -0.25) is 20.2 Å². The van der Waals surface area contributed by atoms with Gasteiger partial charge in [-0.05, 0) is 24.6 Å². The molecular weight excluding hydrogens is 260 g/mol. The Kier molecular flexibility index (Phi) is 2.47. The van der Waals surface area contributed by atoms with Crippen LogP contribution in [0.25, 0.3) is 0 Å². The molecule has 4 amide bonds. The second-order valence-electron chi connectivity index (χ2n) is 5.14. The first-order valence-electron chi connectivity index (χ1n) is 6.19. The fourth-order valence-corrected chi connectivity index (χ4v) is 2.60. The summed E-state index contributed by atoms with van der Waals surface area (Å²) >= 11 is 0. The van der Waals surface area contributed by atoms with Gasteiger partial charge in [0.25, 0.3) is 11.8 Å². The Bertz CT molecular complexity index is 621. The van der Waals surface area contributed by atoms with Crippen LogP contribution in [0.2, 0.25) is 0 Å². The number of fused-ring (bicyclic) bond motifs is 1. The maximum absolute atomic E-state index is 12.2. The Morgan fingerprint density at radius 3 is 2.45 bits per heavy atom. The minimum absolute atomic E-state index is 0.147. The molecule has 0 unspecified atom stereocenters. The van der Waals surface area contributed by atoms with Crippen molar-refractivity contribution >= 4 is 29.2 Å². The molecule has 0 atom stereocenters. The standard InChI is InChI=1S/C13H14N4O3/c1-7-3-4-9-8(5-7)16-13(6-17(9)2)10(18)14-12(20)15-11(13)19/h3-5,16H,6H2,1-2H3,(H2,14,15,18,19,20). The number of urea groups is 1. The number of benzene rings is 1. The first kappa shape index (κ1) is 12.5. The topological polar surface area (TPSA) is 90.5 Å². The molecular formula is C13H14N4O3. The number of imide groups is 2. The van der Waals surface area contributed by atoms with Crippen LogP contribution in [-0.2, 0) is 9.59 Å². The Hall–Kier alpha value is -2.57. The van der Waals surface area contributed by atoms with Gasteiger partial charge >= 0.3 is 6.03 Å². The molecule has 0 aliphatic carbocycles. The van der Waals surface area contributed by atoms with Crippen LogP contribution in [0.15, 0.2) is 18.2 Å². The highest BCUT2D eigenvalue weighted by molar-refractivity contribution is 6.25. The van der Waals surface area contributed by atoms with E-state index in [9.17, 15) is 14.4 Å². The minimum atomic E-state index is -1.48. The third-order valence-corrected chi connectivity index (χ3v) is 3.62. The van der Waals surface area contributed by atoms with Crippen molar-refractivity contribution in [2.45, 2.75) is 12.5 Å². The summed E-state index contributed by atoms with van der Waals surface area (Å²) in [5.74, 6) is -1.27. The lowest BCUT2D eigenvalue weighted by Crippen LogP contribution is -2.74. The number of hydrogen-bond donors (Lipinski definition) is 3. The maximum Gasteiger partial charge on any atom is 0.328 e. The number of carbonyl (C=O) groups is 3. The largest absolute Gasteiger partial charge is 0.369 e. The zero-order valence-corrected chi connectivity index (χ0v) is 11.1. The van der Waals surface area contributed by atoms with E-state index in [-0.39, 0.29) is 6.54 Å². The predicted molar refractivity (Wildman–Crippen MR) is 72.5 cm³/mol. The molecule has 2 heterocycles. The zero-order chi connectivity index (χ0) is 14.5. The normalized spacial score (nSPS) is 20.1. The fourth-order valence-electron chi connectivity index (χ4n) is 2.60. The van der Waals surface area contributed by atoms with E-state index in [0.717, 1.165) is 11.3 Å². The van der Waals surface area contributed by atoms with Crippen molar-refractivity contribution < 1.29 is 14.4 Å². The first-order valence-corrected chi connectivity index (χ1v) is 6.19. The summed E-state index contributed by atoms with van der Waals surface area (Å²) in [7, 11) is 1.80. The number of hydrogen-bond acceptors (Lipinski definition) is 5. The van der Waals surface area contributed by atoms with Crippen molar-refractivity contribution in [1.82, 2.24) is 10.6 Å². The van der Waals surface area contributed by atoms with Crippen LogP contribution >= 0.6 is 0 Å². The molecule has 104 valence electrons. The van der Waals surface area contributed by atoms with Gasteiger partial charge in [0.15, 0.2) is 0 Å². The number of anilines is 2. The van der Waals surface area contributed by atoms with Crippen molar-refractivity contribution in [2.75, 3.05) is 23.8 Å². The van der Waals surface area contributed by atoms with Gasteiger partial charge in [-0.2, -0.15) is 0 Å². The molecule has 1 saturated heterocycles. The Balaban J connectivity index is 2.07. The molecule has 3 N–H and O–H groups in total. The van der Waals surface area contributed by atoms with Gasteiger partial charge in [0.05, 0.1) is 17.9 Å². The Labute approximate surface area is 115 Å². The third-order valence-electron chi connectivity index (χ3n) is 3.62. The first-order chi connectivity index (χ1) is 9.42. The van der Waals surface area contributed by atoms with Gasteiger partial charge in [0.2, 0.25) is 5.54 Å². The van der Waals surface area contributed by atoms with E-state index in [0.29, 0.717) is 5.69 Å². The van der Waals surface area contributed by atoms with E-state index in [4.69, 9.17) is 0 Å². The smallest absolute Gasteiger partial charge is 0.328 e. The van der Waals surface area contributed by atoms with E-state index >= 15 is 0 Å². The summed E-state index contributed by atoms with van der Waals surface area (Å²) < 4.78 is 0. The van der Waals surface area contributed by atoms with Crippen LogP contribution in [0.1, 0.15) is 5.56 Å². The molecule has 2 aliphatic heterocycles. The van der Waals surface area contributed by atoms with Crippen LogP contribution in [0.5, 0.6) is 0 Å². The average molecular weight is 274 g/mol. The summed E-state index contributed by atoms with van der Waals surface area (Å²) in [5.41, 5.74) is 1.12.